The van der Waals surface area contributed by atoms with Gasteiger partial charge in [0.25, 0.3) is 0 Å². The molecule has 0 saturated heterocycles. The number of rotatable bonds is 7. The van der Waals surface area contributed by atoms with Crippen LogP contribution in [0.1, 0.15) is 17.9 Å². The maximum atomic E-state index is 12.2. The van der Waals surface area contributed by atoms with Gasteiger partial charge in [-0.3, -0.25) is 4.79 Å². The maximum Gasteiger partial charge on any atom is 0.227 e. The number of aromatic nitrogens is 2. The molecule has 0 aliphatic carbocycles. The number of hydrogen-bond donors (Lipinski definition) is 1. The Morgan fingerprint density at radius 1 is 1.14 bits per heavy atom. The summed E-state index contributed by atoms with van der Waals surface area (Å²) in [5.74, 6) is 1.91. The van der Waals surface area contributed by atoms with Crippen LogP contribution in [-0.4, -0.2) is 30.3 Å². The molecule has 28 heavy (non-hydrogen) atoms. The van der Waals surface area contributed by atoms with Gasteiger partial charge in [0, 0.05) is 28.6 Å². The van der Waals surface area contributed by atoms with Crippen LogP contribution in [0.25, 0.3) is 11.4 Å². The van der Waals surface area contributed by atoms with Crippen LogP contribution in [0.5, 0.6) is 11.5 Å². The van der Waals surface area contributed by atoms with Crippen LogP contribution >= 0.6 is 15.9 Å². The summed E-state index contributed by atoms with van der Waals surface area (Å²) < 4.78 is 16.8. The third kappa shape index (κ3) is 4.69. The topological polar surface area (TPSA) is 86.5 Å². The quantitative estimate of drug-likeness (QED) is 0.579. The number of anilines is 1. The zero-order valence-corrected chi connectivity index (χ0v) is 17.4. The summed E-state index contributed by atoms with van der Waals surface area (Å²) in [6.45, 7) is 1.97. The summed E-state index contributed by atoms with van der Waals surface area (Å²) in [5, 5.41) is 6.85. The highest BCUT2D eigenvalue weighted by atomic mass is 79.9. The normalized spacial score (nSPS) is 10.6. The third-order valence-electron chi connectivity index (χ3n) is 4.12. The molecule has 0 unspecified atom stereocenters. The van der Waals surface area contributed by atoms with E-state index in [0.717, 1.165) is 21.3 Å². The first-order valence-electron chi connectivity index (χ1n) is 8.61. The van der Waals surface area contributed by atoms with E-state index in [0.29, 0.717) is 29.6 Å². The summed E-state index contributed by atoms with van der Waals surface area (Å²) in [7, 11) is 3.14. The summed E-state index contributed by atoms with van der Waals surface area (Å²) in [4.78, 5) is 16.5. The molecule has 1 heterocycles. The standard InChI is InChI=1S/C20H20BrN3O4/c1-12-10-14(5-6-15(12)21)22-18(25)8-9-19-23-20(24-28-19)13-4-7-16(26-2)17(11-13)27-3/h4-7,10-11H,8-9H2,1-3H3,(H,22,25). The molecule has 0 bridgehead atoms. The van der Waals surface area contributed by atoms with E-state index in [2.05, 4.69) is 31.4 Å². The van der Waals surface area contributed by atoms with Gasteiger partial charge >= 0.3 is 0 Å². The fraction of sp³-hybridized carbons (Fsp3) is 0.250. The Morgan fingerprint density at radius 3 is 2.64 bits per heavy atom. The van der Waals surface area contributed by atoms with Gasteiger partial charge in [-0.05, 0) is 48.9 Å². The SMILES string of the molecule is COc1ccc(-c2noc(CCC(=O)Nc3ccc(Br)c(C)c3)n2)cc1OC. The molecule has 7 nitrogen and oxygen atoms in total. The zero-order valence-electron chi connectivity index (χ0n) is 15.8. The molecule has 2 aromatic carbocycles. The number of halogens is 1. The lowest BCUT2D eigenvalue weighted by molar-refractivity contribution is -0.116. The van der Waals surface area contributed by atoms with E-state index >= 15 is 0 Å². The van der Waals surface area contributed by atoms with Crippen LogP contribution in [-0.2, 0) is 11.2 Å². The van der Waals surface area contributed by atoms with Gasteiger partial charge in [-0.2, -0.15) is 4.98 Å². The molecule has 0 fully saturated rings. The number of carbonyl (C=O) groups excluding carboxylic acids is 1. The number of aryl methyl sites for hydroxylation is 2. The van der Waals surface area contributed by atoms with E-state index in [-0.39, 0.29) is 12.3 Å². The minimum atomic E-state index is -0.118. The molecular formula is C20H20BrN3O4. The molecule has 146 valence electrons. The average molecular weight is 446 g/mol. The van der Waals surface area contributed by atoms with E-state index in [1.807, 2.05) is 31.2 Å². The lowest BCUT2D eigenvalue weighted by atomic mass is 10.2. The smallest absolute Gasteiger partial charge is 0.227 e. The number of benzene rings is 2. The van der Waals surface area contributed by atoms with E-state index in [1.165, 1.54) is 0 Å². The lowest BCUT2D eigenvalue weighted by Crippen LogP contribution is -2.12. The number of carbonyl (C=O) groups is 1. The average Bonchev–Trinajstić information content (AvgIpc) is 3.17. The van der Waals surface area contributed by atoms with Gasteiger partial charge in [-0.15, -0.1) is 0 Å². The Kier molecular flexibility index (Phi) is 6.30. The highest BCUT2D eigenvalue weighted by molar-refractivity contribution is 9.10. The Balaban J connectivity index is 1.61. The van der Waals surface area contributed by atoms with E-state index in [1.54, 1.807) is 26.4 Å². The van der Waals surface area contributed by atoms with Crippen LogP contribution < -0.4 is 14.8 Å². The molecule has 3 aromatic rings. The van der Waals surface area contributed by atoms with Gasteiger partial charge in [0.05, 0.1) is 14.2 Å². The molecule has 0 radical (unpaired) electrons. The molecule has 1 aromatic heterocycles. The van der Waals surface area contributed by atoms with Gasteiger partial charge in [0.15, 0.2) is 11.5 Å². The van der Waals surface area contributed by atoms with E-state index < -0.39 is 0 Å². The van der Waals surface area contributed by atoms with Crippen molar-refractivity contribution in [2.45, 2.75) is 19.8 Å². The number of ether oxygens (including phenoxy) is 2. The Labute approximate surface area is 171 Å². The summed E-state index contributed by atoms with van der Waals surface area (Å²) in [6, 6.07) is 11.0. The Morgan fingerprint density at radius 2 is 1.93 bits per heavy atom. The largest absolute Gasteiger partial charge is 0.493 e. The lowest BCUT2D eigenvalue weighted by Gasteiger charge is -2.07. The van der Waals surface area contributed by atoms with Crippen molar-refractivity contribution in [3.63, 3.8) is 0 Å². The number of hydrogen-bond acceptors (Lipinski definition) is 6. The van der Waals surface area contributed by atoms with Crippen LogP contribution in [0.3, 0.4) is 0 Å². The minimum Gasteiger partial charge on any atom is -0.493 e. The fourth-order valence-electron chi connectivity index (χ4n) is 2.62. The minimum absolute atomic E-state index is 0.118. The highest BCUT2D eigenvalue weighted by Crippen LogP contribution is 2.31. The van der Waals surface area contributed by atoms with E-state index in [9.17, 15) is 4.79 Å². The van der Waals surface area contributed by atoms with Crippen molar-refractivity contribution in [3.8, 4) is 22.9 Å². The number of amides is 1. The van der Waals surface area contributed by atoms with Crippen LogP contribution in [0.15, 0.2) is 45.4 Å². The molecule has 0 aliphatic heterocycles. The second-order valence-electron chi connectivity index (χ2n) is 6.09. The van der Waals surface area contributed by atoms with Crippen molar-refractivity contribution in [1.82, 2.24) is 10.1 Å². The first-order chi connectivity index (χ1) is 13.5. The van der Waals surface area contributed by atoms with Gasteiger partial charge in [0.2, 0.25) is 17.6 Å². The maximum absolute atomic E-state index is 12.2. The van der Waals surface area contributed by atoms with Crippen molar-refractivity contribution < 1.29 is 18.8 Å². The fourth-order valence-corrected chi connectivity index (χ4v) is 2.86. The predicted molar refractivity (Wildman–Crippen MR) is 109 cm³/mol. The summed E-state index contributed by atoms with van der Waals surface area (Å²) in [6.07, 6.45) is 0.588. The number of nitrogens with one attached hydrogen (secondary N) is 1. The van der Waals surface area contributed by atoms with Crippen LogP contribution in [0.2, 0.25) is 0 Å². The van der Waals surface area contributed by atoms with E-state index in [4.69, 9.17) is 14.0 Å². The molecule has 0 spiro atoms. The molecule has 0 aliphatic rings. The first kappa shape index (κ1) is 19.9. The molecular weight excluding hydrogens is 426 g/mol. The second kappa shape index (κ2) is 8.88. The summed E-state index contributed by atoms with van der Waals surface area (Å²) in [5.41, 5.74) is 2.54. The van der Waals surface area contributed by atoms with Crippen molar-refractivity contribution in [2.75, 3.05) is 19.5 Å². The molecule has 0 atom stereocenters. The molecule has 1 amide bonds. The molecule has 0 saturated carbocycles. The molecule has 3 rings (SSSR count). The predicted octanol–water partition coefficient (Wildman–Crippen LogP) is 4.40. The number of methoxy groups -OCH3 is 2. The Hall–Kier alpha value is -2.87. The summed E-state index contributed by atoms with van der Waals surface area (Å²) >= 11 is 3.44. The zero-order chi connectivity index (χ0) is 20.1. The van der Waals surface area contributed by atoms with Crippen molar-refractivity contribution >= 4 is 27.5 Å². The monoisotopic (exact) mass is 445 g/mol. The third-order valence-corrected chi connectivity index (χ3v) is 5.01. The van der Waals surface area contributed by atoms with Gasteiger partial charge < -0.3 is 19.3 Å². The first-order valence-corrected chi connectivity index (χ1v) is 9.40. The van der Waals surface area contributed by atoms with Gasteiger partial charge in [-0.1, -0.05) is 21.1 Å². The van der Waals surface area contributed by atoms with Crippen LogP contribution in [0.4, 0.5) is 5.69 Å². The second-order valence-corrected chi connectivity index (χ2v) is 6.95. The Bertz CT molecular complexity index is 987. The van der Waals surface area contributed by atoms with Crippen LogP contribution in [0, 0.1) is 6.92 Å². The van der Waals surface area contributed by atoms with Crippen molar-refractivity contribution in [1.29, 1.82) is 0 Å². The van der Waals surface area contributed by atoms with Crippen molar-refractivity contribution in [2.24, 2.45) is 0 Å². The number of nitrogens with zero attached hydrogens (tertiary/aromatic N) is 2. The molecule has 8 heteroatoms. The highest BCUT2D eigenvalue weighted by Gasteiger charge is 2.13. The van der Waals surface area contributed by atoms with Gasteiger partial charge in [0.1, 0.15) is 0 Å². The van der Waals surface area contributed by atoms with Gasteiger partial charge in [-0.25, -0.2) is 0 Å². The van der Waals surface area contributed by atoms with Crippen molar-refractivity contribution in [3.05, 3.63) is 52.3 Å². The molecule has 1 N–H and O–H groups in total.